The minimum absolute atomic E-state index is 0.0136. The van der Waals surface area contributed by atoms with E-state index >= 15 is 9.59 Å². The highest BCUT2D eigenvalue weighted by Crippen LogP contribution is 2.30. The Morgan fingerprint density at radius 1 is 0.685 bits per heavy atom. The number of rotatable bonds is 22. The Morgan fingerprint density at radius 2 is 1.23 bits per heavy atom. The van der Waals surface area contributed by atoms with Gasteiger partial charge in [-0.3, -0.25) is 67.5 Å². The molecule has 0 radical (unpaired) electrons. The molecule has 15 atom stereocenters. The van der Waals surface area contributed by atoms with Gasteiger partial charge in [-0.15, -0.1) is 0 Å². The maximum Gasteiger partial charge on any atom is 0.248 e. The summed E-state index contributed by atoms with van der Waals surface area (Å²) in [7, 11) is 0. The van der Waals surface area contributed by atoms with Crippen molar-refractivity contribution in [3.63, 3.8) is 0 Å². The number of nitrogens with two attached hydrogens (primary N) is 4. The third-order valence-electron chi connectivity index (χ3n) is 15.0. The number of hydrogen-bond acceptors (Lipinski definition) is 19. The minimum atomic E-state index is -2.56. The van der Waals surface area contributed by atoms with Crippen LogP contribution in [0.3, 0.4) is 0 Å². The van der Waals surface area contributed by atoms with Gasteiger partial charge in [-0.25, -0.2) is 0 Å². The number of aromatic nitrogens is 1. The van der Waals surface area contributed by atoms with Crippen LogP contribution in [0.4, 0.5) is 0 Å². The number of carbonyl (C=O) groups is 12. The molecular weight excluding hydrogens is 1200 g/mol. The topological polar surface area (TPSA) is 535 Å². The lowest BCUT2D eigenvalue weighted by Crippen LogP contribution is -2.63. The van der Waals surface area contributed by atoms with Crippen molar-refractivity contribution in [1.82, 2.24) is 58.2 Å². The molecule has 1 aliphatic rings. The molecule has 2 heterocycles. The van der Waals surface area contributed by atoms with Crippen molar-refractivity contribution in [1.29, 1.82) is 0 Å². The maximum atomic E-state index is 15.5. The fourth-order valence-electron chi connectivity index (χ4n) is 9.81. The number of nitrogens with zero attached hydrogens (tertiary/aromatic N) is 2. The van der Waals surface area contributed by atoms with E-state index in [1.54, 1.807) is 48.5 Å². The summed E-state index contributed by atoms with van der Waals surface area (Å²) in [5, 5.41) is 68.7. The Labute approximate surface area is 537 Å². The first kappa shape index (κ1) is 80.2. The van der Waals surface area contributed by atoms with Crippen LogP contribution in [0.1, 0.15) is 147 Å². The summed E-state index contributed by atoms with van der Waals surface area (Å²) < 4.78 is 0. The third kappa shape index (κ3) is 26.7. The van der Waals surface area contributed by atoms with Crippen molar-refractivity contribution in [3.05, 3.63) is 30.1 Å². The van der Waals surface area contributed by atoms with Gasteiger partial charge in [-0.2, -0.15) is 0 Å². The van der Waals surface area contributed by atoms with E-state index < -0.39 is 198 Å². The molecule has 1 aromatic rings. The Balaban J connectivity index is 3.16. The molecule has 0 spiro atoms. The molecule has 2 rings (SSSR count). The average molecular weight is 1300 g/mol. The van der Waals surface area contributed by atoms with E-state index in [1.165, 1.54) is 38.4 Å². The van der Waals surface area contributed by atoms with Gasteiger partial charge in [0, 0.05) is 25.4 Å². The Hall–Kier alpha value is -7.94. The number of amides is 11. The normalized spacial score (nSPS) is 24.7. The van der Waals surface area contributed by atoms with E-state index in [2.05, 4.69) is 57.8 Å². The lowest BCUT2D eigenvalue weighted by molar-refractivity contribution is -0.141. The molecule has 92 heavy (non-hydrogen) atoms. The summed E-state index contributed by atoms with van der Waals surface area (Å²) in [4.78, 5) is 179. The number of ketones is 1. The number of aliphatic imine (C=N–C) groups is 1. The molecule has 518 valence electrons. The molecule has 22 N–H and O–H groups in total. The number of aliphatic hydroxyl groups excluding tert-OH is 4. The number of hydrogen-bond donors (Lipinski definition) is 18. The van der Waals surface area contributed by atoms with Crippen molar-refractivity contribution in [2.45, 2.75) is 214 Å². The first-order valence-electron chi connectivity index (χ1n) is 30.8. The van der Waals surface area contributed by atoms with E-state index in [4.69, 9.17) is 22.9 Å². The summed E-state index contributed by atoms with van der Waals surface area (Å²) in [5.41, 5.74) is 21.7. The molecule has 0 saturated carbocycles. The largest absolute Gasteiger partial charge is 0.394 e. The Bertz CT molecular complexity index is 2730. The standard InChI is InChI=1S/C60H102N16O16/c1-14-30(6)41-55(90)74-42(31(7)78)54(89)67-26-40(80)72-45(47(82)48(62)83)57(92)71-38(27-77)53(88)75-43(32-17-15-19-65-25-32)33(22-39(79)37(24-60(11,12)13)70-50(85)34(61)23-59(8,9)10)49(84)76-44(46(81)29(4)5)56(91)69-36(21-28(2)3)52(87)68-35(51(86)73-41)18-16-20-66-58(63)64/h15,17,19,25,28-31,33-38,41-47,77-78,81-82H,14,16,18,20-24,26-27,61H2,1-13H3,(H2,62,83)(H,67,89)(H,68,87)(H,69,91)(H,70,85)(H,71,92)(H,72,80)(H,73,86)(H,74,90)(H,75,88)(H,76,84)(H4,63,64,66)/t30-,31-,33-,34+,35+,36-,37-,38?,41-,42-,43+,44-,45?,46+,47-/m0/s1. The Morgan fingerprint density at radius 3 is 1.75 bits per heavy atom. The van der Waals surface area contributed by atoms with Crippen molar-refractivity contribution >= 4 is 76.7 Å². The van der Waals surface area contributed by atoms with Crippen LogP contribution in [-0.4, -0.2) is 195 Å². The number of aliphatic hydroxyl groups is 4. The molecule has 1 aliphatic heterocycles. The monoisotopic (exact) mass is 1300 g/mol. The minimum Gasteiger partial charge on any atom is -0.394 e. The number of guanidine groups is 1. The van der Waals surface area contributed by atoms with Gasteiger partial charge in [0.05, 0.1) is 49.4 Å². The third-order valence-corrected chi connectivity index (χ3v) is 15.0. The molecule has 1 saturated heterocycles. The van der Waals surface area contributed by atoms with Crippen LogP contribution in [0.25, 0.3) is 0 Å². The van der Waals surface area contributed by atoms with Crippen LogP contribution in [0, 0.1) is 34.5 Å². The van der Waals surface area contributed by atoms with Gasteiger partial charge in [0.1, 0.15) is 42.3 Å². The molecule has 32 heteroatoms. The second-order valence-electron chi connectivity index (χ2n) is 26.6. The zero-order valence-corrected chi connectivity index (χ0v) is 55.1. The van der Waals surface area contributed by atoms with Crippen molar-refractivity contribution in [2.24, 2.45) is 62.4 Å². The summed E-state index contributed by atoms with van der Waals surface area (Å²) in [6.07, 6.45) is -4.28. The van der Waals surface area contributed by atoms with Crippen LogP contribution >= 0.6 is 0 Å². The number of primary amides is 1. The highest BCUT2D eigenvalue weighted by Gasteiger charge is 2.43. The lowest BCUT2D eigenvalue weighted by Gasteiger charge is -2.34. The Kier molecular flexibility index (Phi) is 32.2. The first-order valence-corrected chi connectivity index (χ1v) is 30.8. The van der Waals surface area contributed by atoms with Gasteiger partial charge in [-0.1, -0.05) is 95.6 Å². The average Bonchev–Trinajstić information content (AvgIpc) is 0.845. The number of nitrogens with one attached hydrogen (secondary N) is 10. The SMILES string of the molecule is CC[C@H](C)[C@@H]1NC(=O)[C@@H](CCCN=C(N)N)NC(=O)[C@H](CC(C)C)NC(=O)[C@H]([C@H](O)C(C)C)NC(=O)[C@@H](CC(=O)[C@H](CC(C)(C)C)NC(=O)[C@H](N)CC(C)(C)C)[C@@H](c2cccnc2)NC(=O)C(CO)NC(=O)C([C@H](O)C(N)=O)NC(=O)CNC(=O)[C@H]([C@H](C)O)NC1=O. The zero-order valence-electron chi connectivity index (χ0n) is 55.1. The fraction of sp³-hybridized carbons (Fsp3) is 0.700. The number of pyridine rings is 1. The smallest absolute Gasteiger partial charge is 0.248 e. The molecule has 0 aromatic carbocycles. The summed E-state index contributed by atoms with van der Waals surface area (Å²) in [6.45, 7) is 19.3. The summed E-state index contributed by atoms with van der Waals surface area (Å²) in [5.74, 6) is -17.8. The van der Waals surface area contributed by atoms with Crippen LogP contribution in [-0.2, 0) is 57.5 Å². The lowest BCUT2D eigenvalue weighted by atomic mass is 9.81. The van der Waals surface area contributed by atoms with E-state index in [9.17, 15) is 68.4 Å². The number of Topliss-reactive ketones (excluding diaryl/α,β-unsaturated/α-hetero) is 1. The fourth-order valence-corrected chi connectivity index (χ4v) is 9.81. The van der Waals surface area contributed by atoms with Crippen LogP contribution in [0.15, 0.2) is 29.5 Å². The van der Waals surface area contributed by atoms with Crippen molar-refractivity contribution in [2.75, 3.05) is 19.7 Å². The van der Waals surface area contributed by atoms with Gasteiger partial charge >= 0.3 is 0 Å². The zero-order chi connectivity index (χ0) is 70.3. The molecule has 0 aliphatic carbocycles. The predicted molar refractivity (Wildman–Crippen MR) is 336 cm³/mol. The maximum absolute atomic E-state index is 15.5. The second-order valence-corrected chi connectivity index (χ2v) is 26.6. The van der Waals surface area contributed by atoms with Crippen molar-refractivity contribution in [3.8, 4) is 0 Å². The molecule has 11 amide bonds. The van der Waals surface area contributed by atoms with E-state index in [1.807, 2.05) is 26.1 Å². The summed E-state index contributed by atoms with van der Waals surface area (Å²) >= 11 is 0. The van der Waals surface area contributed by atoms with Gasteiger partial charge < -0.3 is 96.5 Å². The highest BCUT2D eigenvalue weighted by molar-refractivity contribution is 6.00. The molecule has 1 fully saturated rings. The quantitative estimate of drug-likeness (QED) is 0.0295. The molecule has 0 bridgehead atoms. The van der Waals surface area contributed by atoms with Gasteiger partial charge in [0.2, 0.25) is 65.0 Å². The van der Waals surface area contributed by atoms with E-state index in [0.717, 1.165) is 6.92 Å². The first-order chi connectivity index (χ1) is 42.6. The van der Waals surface area contributed by atoms with Gasteiger partial charge in [0.15, 0.2) is 17.8 Å². The molecule has 32 nitrogen and oxygen atoms in total. The second kappa shape index (κ2) is 36.9. The highest BCUT2D eigenvalue weighted by atomic mass is 16.3. The van der Waals surface area contributed by atoms with Crippen LogP contribution in [0.2, 0.25) is 0 Å². The van der Waals surface area contributed by atoms with Crippen LogP contribution < -0.4 is 76.1 Å². The molecule has 2 unspecified atom stereocenters. The molecular formula is C60H102N16O16. The van der Waals surface area contributed by atoms with Gasteiger partial charge in [-0.05, 0) is 79.2 Å². The van der Waals surface area contributed by atoms with Crippen LogP contribution in [0.5, 0.6) is 0 Å². The van der Waals surface area contributed by atoms with Crippen molar-refractivity contribution < 1.29 is 78.0 Å². The van der Waals surface area contributed by atoms with E-state index in [0.29, 0.717) is 0 Å². The molecule has 1 aromatic heterocycles. The van der Waals surface area contributed by atoms with Gasteiger partial charge in [0.25, 0.3) is 0 Å². The predicted octanol–water partition coefficient (Wildman–Crippen LogP) is -4.60. The number of carbonyl (C=O) groups excluding carboxylic acids is 12. The summed E-state index contributed by atoms with van der Waals surface area (Å²) in [6, 6.07) is -14.3. The van der Waals surface area contributed by atoms with E-state index in [-0.39, 0.29) is 62.5 Å².